The maximum Gasteiger partial charge on any atom is -0.00549 e. The van der Waals surface area contributed by atoms with Gasteiger partial charge < -0.3 is 0 Å². The zero-order chi connectivity index (χ0) is 20.1. The Morgan fingerprint density at radius 3 is 2.44 bits per heavy atom. The minimum absolute atomic E-state index is 0.658. The van der Waals surface area contributed by atoms with Gasteiger partial charge in [0, 0.05) is 0 Å². The first kappa shape index (κ1) is 23.2. The summed E-state index contributed by atoms with van der Waals surface area (Å²) in [6.45, 7) is 13.1. The molecule has 0 N–H and O–H groups in total. The molecule has 0 amide bonds. The number of hydrogen-bond acceptors (Lipinski definition) is 0. The van der Waals surface area contributed by atoms with Crippen molar-refractivity contribution in [3.63, 3.8) is 0 Å². The minimum atomic E-state index is 0.658. The van der Waals surface area contributed by atoms with Gasteiger partial charge >= 0.3 is 0 Å². The molecule has 148 valence electrons. The Morgan fingerprint density at radius 1 is 1.11 bits per heavy atom. The zero-order valence-electron chi connectivity index (χ0n) is 18.5. The van der Waals surface area contributed by atoms with Crippen molar-refractivity contribution in [2.45, 2.75) is 73.6 Å². The third-order valence-corrected chi connectivity index (χ3v) is 5.10. The lowest BCUT2D eigenvalue weighted by Crippen LogP contribution is -2.10. The number of rotatable bonds is 7. The Kier molecular flexibility index (Phi) is 11.5. The SMILES string of the molecule is C/C=C\c1ccccc1CC1=CC(C)=CCC1CC=CCC.CCC(C)C. The van der Waals surface area contributed by atoms with Crippen molar-refractivity contribution < 1.29 is 0 Å². The van der Waals surface area contributed by atoms with E-state index in [0.717, 1.165) is 25.2 Å². The van der Waals surface area contributed by atoms with Crippen LogP contribution in [0, 0.1) is 11.8 Å². The Labute approximate surface area is 168 Å². The Bertz CT molecular complexity index is 652. The Hall–Kier alpha value is -1.82. The standard InChI is InChI=1S/C22H28.C5H12/c1-4-6-7-11-20-15-14-18(3)16-22(20)17-21-13-9-8-12-19(21)10-5-2;1-4-5(2)3/h5-10,12-14,16,20H,4,11,15,17H2,1-3H3;5H,4H2,1-3H3/b7-6?,10-5-;. The largest absolute Gasteiger partial charge is 0.0888 e. The summed E-state index contributed by atoms with van der Waals surface area (Å²) in [6.07, 6.45) is 19.6. The molecule has 0 nitrogen and oxygen atoms in total. The van der Waals surface area contributed by atoms with Gasteiger partial charge in [-0.25, -0.2) is 0 Å². The van der Waals surface area contributed by atoms with Gasteiger partial charge in [0.15, 0.2) is 0 Å². The second-order valence-electron chi connectivity index (χ2n) is 7.89. The summed E-state index contributed by atoms with van der Waals surface area (Å²) in [5, 5.41) is 0. The lowest BCUT2D eigenvalue weighted by atomic mass is 9.82. The van der Waals surface area contributed by atoms with E-state index in [-0.39, 0.29) is 0 Å². The molecule has 0 aromatic heterocycles. The molecule has 1 unspecified atom stereocenters. The van der Waals surface area contributed by atoms with Gasteiger partial charge in [-0.3, -0.25) is 0 Å². The maximum absolute atomic E-state index is 2.40. The van der Waals surface area contributed by atoms with Crippen molar-refractivity contribution >= 4 is 6.08 Å². The van der Waals surface area contributed by atoms with Crippen LogP contribution in [0.3, 0.4) is 0 Å². The molecule has 2 rings (SSSR count). The monoisotopic (exact) mass is 364 g/mol. The van der Waals surface area contributed by atoms with Gasteiger partial charge in [-0.1, -0.05) is 106 Å². The third-order valence-electron chi connectivity index (χ3n) is 5.10. The highest BCUT2D eigenvalue weighted by Crippen LogP contribution is 2.30. The molecule has 1 atom stereocenters. The topological polar surface area (TPSA) is 0 Å². The molecule has 27 heavy (non-hydrogen) atoms. The van der Waals surface area contributed by atoms with Crippen LogP contribution in [0.2, 0.25) is 0 Å². The van der Waals surface area contributed by atoms with Crippen molar-refractivity contribution in [3.05, 3.63) is 76.9 Å². The van der Waals surface area contributed by atoms with E-state index in [1.165, 1.54) is 29.5 Å². The third kappa shape index (κ3) is 9.09. The summed E-state index contributed by atoms with van der Waals surface area (Å²) in [4.78, 5) is 0. The molecule has 0 radical (unpaired) electrons. The van der Waals surface area contributed by atoms with Gasteiger partial charge in [0.2, 0.25) is 0 Å². The van der Waals surface area contributed by atoms with Crippen LogP contribution in [0.4, 0.5) is 0 Å². The van der Waals surface area contributed by atoms with E-state index in [0.29, 0.717) is 5.92 Å². The predicted molar refractivity (Wildman–Crippen MR) is 124 cm³/mol. The molecule has 0 heterocycles. The molecule has 0 saturated carbocycles. The first-order valence-corrected chi connectivity index (χ1v) is 10.7. The van der Waals surface area contributed by atoms with Gasteiger partial charge in [-0.05, 0) is 62.5 Å². The highest BCUT2D eigenvalue weighted by molar-refractivity contribution is 5.54. The molecule has 1 aromatic rings. The average Bonchev–Trinajstić information content (AvgIpc) is 2.66. The van der Waals surface area contributed by atoms with Crippen molar-refractivity contribution in [1.82, 2.24) is 0 Å². The van der Waals surface area contributed by atoms with Crippen molar-refractivity contribution in [2.24, 2.45) is 11.8 Å². The molecule has 0 aliphatic heterocycles. The van der Waals surface area contributed by atoms with Crippen molar-refractivity contribution in [3.8, 4) is 0 Å². The number of allylic oxidation sites excluding steroid dienone is 7. The van der Waals surface area contributed by atoms with E-state index < -0.39 is 0 Å². The summed E-state index contributed by atoms with van der Waals surface area (Å²) in [5.74, 6) is 1.54. The maximum atomic E-state index is 2.40. The molecule has 0 bridgehead atoms. The molecular formula is C27H40. The Morgan fingerprint density at radius 2 is 1.81 bits per heavy atom. The lowest BCUT2D eigenvalue weighted by molar-refractivity contribution is 0.606. The average molecular weight is 365 g/mol. The van der Waals surface area contributed by atoms with Crippen molar-refractivity contribution in [1.29, 1.82) is 0 Å². The van der Waals surface area contributed by atoms with Gasteiger partial charge in [0.05, 0.1) is 0 Å². The molecule has 0 fully saturated rings. The van der Waals surface area contributed by atoms with Crippen LogP contribution < -0.4 is 0 Å². The van der Waals surface area contributed by atoms with Crippen molar-refractivity contribution in [2.75, 3.05) is 0 Å². The summed E-state index contributed by atoms with van der Waals surface area (Å²) >= 11 is 0. The van der Waals surface area contributed by atoms with Gasteiger partial charge in [-0.15, -0.1) is 0 Å². The number of benzene rings is 1. The second kappa shape index (κ2) is 13.4. The fraction of sp³-hybridized carbons (Fsp3) is 0.481. The smallest absolute Gasteiger partial charge is 0.00549 e. The van der Waals surface area contributed by atoms with E-state index in [1.54, 1.807) is 5.57 Å². The highest BCUT2D eigenvalue weighted by Gasteiger charge is 2.16. The summed E-state index contributed by atoms with van der Waals surface area (Å²) < 4.78 is 0. The molecular weight excluding hydrogens is 324 g/mol. The van der Waals surface area contributed by atoms with Crippen LogP contribution in [-0.4, -0.2) is 0 Å². The van der Waals surface area contributed by atoms with Gasteiger partial charge in [0.1, 0.15) is 0 Å². The molecule has 1 aliphatic rings. The minimum Gasteiger partial charge on any atom is -0.0888 e. The van der Waals surface area contributed by atoms with E-state index in [9.17, 15) is 0 Å². The first-order chi connectivity index (χ1) is 13.0. The van der Waals surface area contributed by atoms with Gasteiger partial charge in [-0.2, -0.15) is 0 Å². The quantitative estimate of drug-likeness (QED) is 0.425. The zero-order valence-corrected chi connectivity index (χ0v) is 18.5. The summed E-state index contributed by atoms with van der Waals surface area (Å²) in [7, 11) is 0. The van der Waals surface area contributed by atoms with Gasteiger partial charge in [0.25, 0.3) is 0 Å². The van der Waals surface area contributed by atoms with E-state index in [2.05, 4.69) is 102 Å². The first-order valence-electron chi connectivity index (χ1n) is 10.7. The normalized spacial score (nSPS) is 17.1. The fourth-order valence-corrected chi connectivity index (χ4v) is 3.08. The van der Waals surface area contributed by atoms with Crippen LogP contribution in [-0.2, 0) is 6.42 Å². The predicted octanol–water partition coefficient (Wildman–Crippen LogP) is 8.56. The molecule has 1 aromatic carbocycles. The van der Waals surface area contributed by atoms with Crippen LogP contribution in [0.25, 0.3) is 6.08 Å². The highest BCUT2D eigenvalue weighted by atomic mass is 14.2. The van der Waals surface area contributed by atoms with Crippen LogP contribution in [0.1, 0.15) is 78.4 Å². The molecule has 0 saturated heterocycles. The van der Waals surface area contributed by atoms with E-state index in [4.69, 9.17) is 0 Å². The Balaban J connectivity index is 0.000000646. The second-order valence-corrected chi connectivity index (χ2v) is 7.89. The fourth-order valence-electron chi connectivity index (χ4n) is 3.08. The lowest BCUT2D eigenvalue weighted by Gasteiger charge is -2.23. The van der Waals surface area contributed by atoms with E-state index in [1.807, 2.05) is 0 Å². The summed E-state index contributed by atoms with van der Waals surface area (Å²) in [6, 6.07) is 8.76. The summed E-state index contributed by atoms with van der Waals surface area (Å²) in [5.41, 5.74) is 5.78. The van der Waals surface area contributed by atoms with E-state index >= 15 is 0 Å². The van der Waals surface area contributed by atoms with Crippen LogP contribution in [0.5, 0.6) is 0 Å². The number of hydrogen-bond donors (Lipinski definition) is 0. The molecule has 0 spiro atoms. The van der Waals surface area contributed by atoms with Crippen LogP contribution >= 0.6 is 0 Å². The molecule has 1 aliphatic carbocycles. The van der Waals surface area contributed by atoms with Crippen LogP contribution in [0.15, 0.2) is 65.8 Å². The molecule has 0 heteroatoms.